The lowest BCUT2D eigenvalue weighted by Crippen LogP contribution is -2.56. The molecular formula is C31H34F2N4O4. The number of carbonyl (C=O) groups is 2. The van der Waals surface area contributed by atoms with Gasteiger partial charge in [-0.15, -0.1) is 0 Å². The number of hydrogen-bond acceptors (Lipinski definition) is 5. The topological polar surface area (TPSA) is 103 Å². The van der Waals surface area contributed by atoms with E-state index in [4.69, 9.17) is 4.74 Å². The first kappa shape index (κ1) is 28.7. The maximum Gasteiger partial charge on any atom is 0.318 e. The number of benzene rings is 3. The molecule has 5 atom stereocenters. The number of aliphatic hydroxyl groups excluding tert-OH is 1. The third-order valence-corrected chi connectivity index (χ3v) is 7.57. The van der Waals surface area contributed by atoms with Crippen molar-refractivity contribution in [3.63, 3.8) is 0 Å². The minimum absolute atomic E-state index is 0.0118. The summed E-state index contributed by atoms with van der Waals surface area (Å²) in [5.41, 5.74) is 2.20. The van der Waals surface area contributed by atoms with Gasteiger partial charge < -0.3 is 30.7 Å². The van der Waals surface area contributed by atoms with Crippen molar-refractivity contribution in [1.82, 2.24) is 20.9 Å². The van der Waals surface area contributed by atoms with Crippen LogP contribution >= 0.6 is 0 Å². The van der Waals surface area contributed by atoms with Crippen LogP contribution in [0.2, 0.25) is 0 Å². The van der Waals surface area contributed by atoms with Crippen LogP contribution in [0.5, 0.6) is 0 Å². The number of amides is 3. The van der Waals surface area contributed by atoms with Crippen LogP contribution in [0.4, 0.5) is 13.6 Å². The molecule has 41 heavy (non-hydrogen) atoms. The molecule has 8 nitrogen and oxygen atoms in total. The largest absolute Gasteiger partial charge is 0.389 e. The van der Waals surface area contributed by atoms with E-state index in [2.05, 4.69) is 16.0 Å². The lowest BCUT2D eigenvalue weighted by molar-refractivity contribution is -0.126. The molecule has 3 amide bonds. The van der Waals surface area contributed by atoms with Gasteiger partial charge in [0.05, 0.1) is 24.9 Å². The Labute approximate surface area is 237 Å². The average molecular weight is 565 g/mol. The third kappa shape index (κ3) is 7.46. The smallest absolute Gasteiger partial charge is 0.318 e. The Balaban J connectivity index is 1.28. The molecule has 2 saturated heterocycles. The molecule has 3 aromatic rings. The average Bonchev–Trinajstić information content (AvgIpc) is 3.58. The highest BCUT2D eigenvalue weighted by molar-refractivity contribution is 5.90. The van der Waals surface area contributed by atoms with Gasteiger partial charge in [-0.25, -0.2) is 13.6 Å². The third-order valence-electron chi connectivity index (χ3n) is 7.57. The van der Waals surface area contributed by atoms with Crippen LogP contribution in [0.25, 0.3) is 0 Å². The predicted octanol–water partition coefficient (Wildman–Crippen LogP) is 2.89. The number of nitrogens with one attached hydrogen (secondary N) is 3. The van der Waals surface area contributed by atoms with E-state index in [9.17, 15) is 23.5 Å². The van der Waals surface area contributed by atoms with Crippen molar-refractivity contribution in [2.75, 3.05) is 13.1 Å². The molecular weight excluding hydrogens is 530 g/mol. The molecule has 0 radical (unpaired) electrons. The lowest BCUT2D eigenvalue weighted by Gasteiger charge is -2.31. The number of carbonyl (C=O) groups excluding carboxylic acids is 2. The molecule has 2 heterocycles. The van der Waals surface area contributed by atoms with E-state index in [0.717, 1.165) is 17.2 Å². The normalized spacial score (nSPS) is 21.9. The van der Waals surface area contributed by atoms with Gasteiger partial charge in [-0.1, -0.05) is 60.7 Å². The number of urea groups is 1. The summed E-state index contributed by atoms with van der Waals surface area (Å²) in [6.45, 7) is 1.28. The number of aliphatic hydroxyl groups is 1. The minimum Gasteiger partial charge on any atom is -0.389 e. The van der Waals surface area contributed by atoms with Gasteiger partial charge in [-0.05, 0) is 41.7 Å². The number of rotatable bonds is 11. The summed E-state index contributed by atoms with van der Waals surface area (Å²) in [7, 11) is 0. The molecule has 0 bridgehead atoms. The maximum absolute atomic E-state index is 14.0. The van der Waals surface area contributed by atoms with Crippen LogP contribution in [-0.2, 0) is 29.1 Å². The van der Waals surface area contributed by atoms with Crippen LogP contribution in [0, 0.1) is 11.6 Å². The zero-order valence-corrected chi connectivity index (χ0v) is 22.5. The van der Waals surface area contributed by atoms with Gasteiger partial charge >= 0.3 is 6.03 Å². The molecule has 2 fully saturated rings. The van der Waals surface area contributed by atoms with Gasteiger partial charge in [0.1, 0.15) is 17.7 Å². The van der Waals surface area contributed by atoms with E-state index in [1.54, 1.807) is 0 Å². The van der Waals surface area contributed by atoms with Gasteiger partial charge in [-0.2, -0.15) is 0 Å². The van der Waals surface area contributed by atoms with E-state index in [1.165, 1.54) is 17.0 Å². The molecule has 2 aliphatic heterocycles. The fourth-order valence-corrected chi connectivity index (χ4v) is 5.44. The molecule has 2 aliphatic rings. The molecule has 0 aromatic heterocycles. The van der Waals surface area contributed by atoms with Crippen molar-refractivity contribution in [1.29, 1.82) is 0 Å². The van der Waals surface area contributed by atoms with E-state index in [0.29, 0.717) is 25.1 Å². The summed E-state index contributed by atoms with van der Waals surface area (Å²) in [5.74, 6) is -1.95. The predicted molar refractivity (Wildman–Crippen MR) is 149 cm³/mol. The minimum atomic E-state index is -1.09. The molecule has 0 spiro atoms. The van der Waals surface area contributed by atoms with Crippen LogP contribution in [0.3, 0.4) is 0 Å². The van der Waals surface area contributed by atoms with Gasteiger partial charge in [0, 0.05) is 31.7 Å². The van der Waals surface area contributed by atoms with Crippen LogP contribution in [-0.4, -0.2) is 65.4 Å². The summed E-state index contributed by atoms with van der Waals surface area (Å²) >= 11 is 0. The molecule has 5 rings (SSSR count). The number of halogens is 2. The zero-order chi connectivity index (χ0) is 28.8. The van der Waals surface area contributed by atoms with Crippen molar-refractivity contribution >= 4 is 11.9 Å². The Bertz CT molecular complexity index is 1310. The van der Waals surface area contributed by atoms with Gasteiger partial charge in [-0.3, -0.25) is 4.79 Å². The Kier molecular flexibility index (Phi) is 9.23. The zero-order valence-electron chi connectivity index (χ0n) is 22.5. The van der Waals surface area contributed by atoms with Gasteiger partial charge in [0.2, 0.25) is 5.91 Å². The summed E-state index contributed by atoms with van der Waals surface area (Å²) in [4.78, 5) is 27.5. The SMILES string of the molecule is O=C(N[C@@H](Cc1cc(F)cc(F)c1)[C@H](O)[C@H]1C[C@@H](OCc2ccccc2)CN1)C1CNC(=O)N1Cc1ccccc1. The first-order chi connectivity index (χ1) is 19.9. The second-order valence-electron chi connectivity index (χ2n) is 10.6. The molecule has 3 aromatic carbocycles. The van der Waals surface area contributed by atoms with Gasteiger partial charge in [0.15, 0.2) is 0 Å². The van der Waals surface area contributed by atoms with Crippen LogP contribution in [0.1, 0.15) is 23.1 Å². The number of ether oxygens (including phenoxy) is 1. The molecule has 0 aliphatic carbocycles. The maximum atomic E-state index is 14.0. The number of hydrogen-bond donors (Lipinski definition) is 4. The standard InChI is InChI=1S/C31H34F2N4O4/c32-23-11-22(12-24(33)14-23)13-27(29(38)26-15-25(16-34-26)41-19-21-9-5-2-6-10-21)36-30(39)28-17-35-31(40)37(28)18-20-7-3-1-4-8-20/h1-12,14,25-29,34,38H,13,15-19H2,(H,35,40)(H,36,39)/t25-,26-,27+,28?,29-/m1/s1. The van der Waals surface area contributed by atoms with Gasteiger partial charge in [0.25, 0.3) is 0 Å². The molecule has 4 N–H and O–H groups in total. The molecule has 1 unspecified atom stereocenters. The highest BCUT2D eigenvalue weighted by atomic mass is 19.1. The van der Waals surface area contributed by atoms with Crippen LogP contribution < -0.4 is 16.0 Å². The van der Waals surface area contributed by atoms with E-state index in [1.807, 2.05) is 60.7 Å². The van der Waals surface area contributed by atoms with Crippen molar-refractivity contribution < 1.29 is 28.2 Å². The van der Waals surface area contributed by atoms with E-state index < -0.39 is 41.8 Å². The highest BCUT2D eigenvalue weighted by Crippen LogP contribution is 2.21. The summed E-state index contributed by atoms with van der Waals surface area (Å²) in [6, 6.07) is 19.7. The summed E-state index contributed by atoms with van der Waals surface area (Å²) < 4.78 is 34.0. The van der Waals surface area contributed by atoms with Crippen LogP contribution in [0.15, 0.2) is 78.9 Å². The molecule has 216 valence electrons. The fraction of sp³-hybridized carbons (Fsp3) is 0.355. The van der Waals surface area contributed by atoms with Crippen molar-refractivity contribution in [2.45, 2.75) is 56.3 Å². The first-order valence-electron chi connectivity index (χ1n) is 13.8. The van der Waals surface area contributed by atoms with Crippen molar-refractivity contribution in [2.24, 2.45) is 0 Å². The fourth-order valence-electron chi connectivity index (χ4n) is 5.44. The lowest BCUT2D eigenvalue weighted by atomic mass is 9.94. The Morgan fingerprint density at radius 1 is 0.976 bits per heavy atom. The first-order valence-corrected chi connectivity index (χ1v) is 13.8. The Hall–Kier alpha value is -3.86. The Morgan fingerprint density at radius 3 is 2.32 bits per heavy atom. The van der Waals surface area contributed by atoms with Crippen molar-refractivity contribution in [3.05, 3.63) is 107 Å². The highest BCUT2D eigenvalue weighted by Gasteiger charge is 2.40. The number of nitrogens with zero attached hydrogens (tertiary/aromatic N) is 1. The second kappa shape index (κ2) is 13.2. The summed E-state index contributed by atoms with van der Waals surface area (Å²) in [5, 5.41) is 20.3. The monoisotopic (exact) mass is 564 g/mol. The quantitative estimate of drug-likeness (QED) is 0.287. The van der Waals surface area contributed by atoms with Crippen molar-refractivity contribution in [3.8, 4) is 0 Å². The summed E-state index contributed by atoms with van der Waals surface area (Å²) in [6.07, 6.45) is -0.775. The van der Waals surface area contributed by atoms with E-state index in [-0.39, 0.29) is 31.6 Å². The molecule has 10 heteroatoms. The van der Waals surface area contributed by atoms with E-state index >= 15 is 0 Å². The molecule has 0 saturated carbocycles. The second-order valence-corrected chi connectivity index (χ2v) is 10.6. The Morgan fingerprint density at radius 2 is 1.63 bits per heavy atom.